The van der Waals surface area contributed by atoms with Gasteiger partial charge in [0.05, 0.1) is 0 Å². The van der Waals surface area contributed by atoms with Crippen molar-refractivity contribution in [2.45, 2.75) is 31.8 Å². The SMILES string of the molecule is CC(C(=O)O)N(C)C(=O)N1CCCC1CN(C)C. The van der Waals surface area contributed by atoms with E-state index in [9.17, 15) is 9.59 Å². The third kappa shape index (κ3) is 3.35. The van der Waals surface area contributed by atoms with Gasteiger partial charge in [-0.1, -0.05) is 0 Å². The van der Waals surface area contributed by atoms with Crippen molar-refractivity contribution in [2.75, 3.05) is 34.2 Å². The maximum absolute atomic E-state index is 12.3. The molecule has 1 N–H and O–H groups in total. The van der Waals surface area contributed by atoms with Crippen LogP contribution >= 0.6 is 0 Å². The number of likely N-dealkylation sites (N-methyl/N-ethyl adjacent to an activating group) is 2. The number of carbonyl (C=O) groups is 2. The number of rotatable bonds is 4. The number of carboxylic acids is 1. The lowest BCUT2D eigenvalue weighted by Gasteiger charge is -2.32. The highest BCUT2D eigenvalue weighted by atomic mass is 16.4. The standard InChI is InChI=1S/C12H23N3O3/c1-9(11(16)17)14(4)12(18)15-7-5-6-10(15)8-13(2)3/h9-10H,5-8H2,1-4H3,(H,16,17). The van der Waals surface area contributed by atoms with Gasteiger partial charge in [-0.2, -0.15) is 0 Å². The van der Waals surface area contributed by atoms with Crippen molar-refractivity contribution in [1.29, 1.82) is 0 Å². The van der Waals surface area contributed by atoms with Gasteiger partial charge in [0.2, 0.25) is 0 Å². The van der Waals surface area contributed by atoms with E-state index < -0.39 is 12.0 Å². The van der Waals surface area contributed by atoms with Crippen molar-refractivity contribution in [2.24, 2.45) is 0 Å². The fraction of sp³-hybridized carbons (Fsp3) is 0.833. The summed E-state index contributed by atoms with van der Waals surface area (Å²) in [5.74, 6) is -0.978. The van der Waals surface area contributed by atoms with Crippen LogP contribution in [0.4, 0.5) is 4.79 Å². The van der Waals surface area contributed by atoms with Crippen LogP contribution in [-0.2, 0) is 4.79 Å². The van der Waals surface area contributed by atoms with Gasteiger partial charge < -0.3 is 19.8 Å². The van der Waals surface area contributed by atoms with Crippen LogP contribution in [0.25, 0.3) is 0 Å². The number of carboxylic acid groups (broad SMARTS) is 1. The minimum Gasteiger partial charge on any atom is -0.480 e. The second kappa shape index (κ2) is 6.04. The first kappa shape index (κ1) is 14.8. The van der Waals surface area contributed by atoms with Crippen molar-refractivity contribution >= 4 is 12.0 Å². The van der Waals surface area contributed by atoms with Crippen molar-refractivity contribution in [3.05, 3.63) is 0 Å². The molecule has 1 rings (SSSR count). The first-order chi connectivity index (χ1) is 8.34. The van der Waals surface area contributed by atoms with Crippen LogP contribution in [0.15, 0.2) is 0 Å². The molecule has 1 heterocycles. The average Bonchev–Trinajstić information content (AvgIpc) is 2.73. The van der Waals surface area contributed by atoms with E-state index in [0.29, 0.717) is 6.54 Å². The number of carbonyl (C=O) groups excluding carboxylic acids is 1. The molecule has 18 heavy (non-hydrogen) atoms. The second-order valence-electron chi connectivity index (χ2n) is 5.16. The van der Waals surface area contributed by atoms with Gasteiger partial charge in [0, 0.05) is 26.2 Å². The molecule has 0 saturated carbocycles. The predicted molar refractivity (Wildman–Crippen MR) is 68.5 cm³/mol. The van der Waals surface area contributed by atoms with Crippen LogP contribution in [0, 0.1) is 0 Å². The fourth-order valence-corrected chi connectivity index (χ4v) is 2.23. The molecule has 2 unspecified atom stereocenters. The lowest BCUT2D eigenvalue weighted by Crippen LogP contribution is -2.51. The molecule has 2 atom stereocenters. The van der Waals surface area contributed by atoms with Gasteiger partial charge in [0.15, 0.2) is 0 Å². The fourth-order valence-electron chi connectivity index (χ4n) is 2.23. The molecule has 1 aliphatic rings. The van der Waals surface area contributed by atoms with Gasteiger partial charge in [-0.15, -0.1) is 0 Å². The number of amides is 2. The lowest BCUT2D eigenvalue weighted by molar-refractivity contribution is -0.141. The van der Waals surface area contributed by atoms with Gasteiger partial charge in [-0.3, -0.25) is 0 Å². The summed E-state index contributed by atoms with van der Waals surface area (Å²) in [6.07, 6.45) is 1.97. The zero-order chi connectivity index (χ0) is 13.9. The molecule has 0 aromatic rings. The summed E-state index contributed by atoms with van der Waals surface area (Å²) < 4.78 is 0. The average molecular weight is 257 g/mol. The Balaban J connectivity index is 2.67. The van der Waals surface area contributed by atoms with Crippen LogP contribution in [0.2, 0.25) is 0 Å². The molecule has 6 heteroatoms. The molecule has 6 nitrogen and oxygen atoms in total. The van der Waals surface area contributed by atoms with Gasteiger partial charge in [-0.05, 0) is 33.9 Å². The monoisotopic (exact) mass is 257 g/mol. The van der Waals surface area contributed by atoms with Crippen LogP contribution in [0.1, 0.15) is 19.8 Å². The summed E-state index contributed by atoms with van der Waals surface area (Å²) in [4.78, 5) is 28.3. The molecule has 2 amide bonds. The number of aliphatic carboxylic acids is 1. The number of hydrogen-bond acceptors (Lipinski definition) is 3. The first-order valence-corrected chi connectivity index (χ1v) is 6.25. The Labute approximate surface area is 108 Å². The molecule has 0 spiro atoms. The van der Waals surface area contributed by atoms with Crippen LogP contribution < -0.4 is 0 Å². The Morgan fingerprint density at radius 1 is 1.39 bits per heavy atom. The summed E-state index contributed by atoms with van der Waals surface area (Å²) in [6, 6.07) is -0.789. The molecule has 0 bridgehead atoms. The van der Waals surface area contributed by atoms with Gasteiger partial charge in [0.1, 0.15) is 6.04 Å². The highest BCUT2D eigenvalue weighted by Gasteiger charge is 2.33. The smallest absolute Gasteiger partial charge is 0.326 e. The maximum atomic E-state index is 12.3. The molecule has 0 aliphatic carbocycles. The normalized spacial score (nSPS) is 21.2. The van der Waals surface area contributed by atoms with E-state index in [2.05, 4.69) is 4.90 Å². The van der Waals surface area contributed by atoms with Crippen molar-refractivity contribution in [3.63, 3.8) is 0 Å². The third-order valence-electron chi connectivity index (χ3n) is 3.44. The summed E-state index contributed by atoms with van der Waals surface area (Å²) in [5.41, 5.74) is 0. The summed E-state index contributed by atoms with van der Waals surface area (Å²) in [7, 11) is 5.50. The van der Waals surface area contributed by atoms with E-state index >= 15 is 0 Å². The molecule has 1 saturated heterocycles. The third-order valence-corrected chi connectivity index (χ3v) is 3.44. The van der Waals surface area contributed by atoms with Crippen molar-refractivity contribution < 1.29 is 14.7 Å². The van der Waals surface area contributed by atoms with Crippen LogP contribution in [0.3, 0.4) is 0 Å². The summed E-state index contributed by atoms with van der Waals surface area (Å²) in [5, 5.41) is 8.93. The maximum Gasteiger partial charge on any atom is 0.326 e. The van der Waals surface area contributed by atoms with E-state index in [1.54, 1.807) is 11.9 Å². The van der Waals surface area contributed by atoms with Gasteiger partial charge >= 0.3 is 12.0 Å². The zero-order valence-electron chi connectivity index (χ0n) is 11.6. The molecular weight excluding hydrogens is 234 g/mol. The summed E-state index contributed by atoms with van der Waals surface area (Å²) in [6.45, 7) is 3.06. The molecule has 0 aromatic heterocycles. The molecule has 1 aliphatic heterocycles. The minimum absolute atomic E-state index is 0.186. The van der Waals surface area contributed by atoms with E-state index in [-0.39, 0.29) is 12.1 Å². The van der Waals surface area contributed by atoms with E-state index in [4.69, 9.17) is 5.11 Å². The van der Waals surface area contributed by atoms with Crippen molar-refractivity contribution in [1.82, 2.24) is 14.7 Å². The second-order valence-corrected chi connectivity index (χ2v) is 5.16. The largest absolute Gasteiger partial charge is 0.480 e. The lowest BCUT2D eigenvalue weighted by atomic mass is 10.2. The Bertz CT molecular complexity index is 320. The Morgan fingerprint density at radius 3 is 2.50 bits per heavy atom. The Kier molecular flexibility index (Phi) is 4.95. The number of likely N-dealkylation sites (tertiary alicyclic amines) is 1. The first-order valence-electron chi connectivity index (χ1n) is 6.25. The quantitative estimate of drug-likeness (QED) is 0.798. The number of hydrogen-bond donors (Lipinski definition) is 1. The van der Waals surface area contributed by atoms with Crippen LogP contribution in [-0.4, -0.2) is 78.1 Å². The predicted octanol–water partition coefficient (Wildman–Crippen LogP) is 0.537. The van der Waals surface area contributed by atoms with E-state index in [0.717, 1.165) is 19.4 Å². The van der Waals surface area contributed by atoms with Crippen LogP contribution in [0.5, 0.6) is 0 Å². The van der Waals surface area contributed by atoms with E-state index in [1.165, 1.54) is 11.8 Å². The van der Waals surface area contributed by atoms with E-state index in [1.807, 2.05) is 14.1 Å². The van der Waals surface area contributed by atoms with Gasteiger partial charge in [0.25, 0.3) is 0 Å². The van der Waals surface area contributed by atoms with Gasteiger partial charge in [-0.25, -0.2) is 9.59 Å². The molecule has 0 radical (unpaired) electrons. The Hall–Kier alpha value is -1.30. The zero-order valence-corrected chi connectivity index (χ0v) is 11.6. The van der Waals surface area contributed by atoms with Crippen molar-refractivity contribution in [3.8, 4) is 0 Å². The molecule has 1 fully saturated rings. The highest BCUT2D eigenvalue weighted by Crippen LogP contribution is 2.19. The number of urea groups is 1. The Morgan fingerprint density at radius 2 is 2.00 bits per heavy atom. The molecule has 104 valence electrons. The topological polar surface area (TPSA) is 64.1 Å². The minimum atomic E-state index is -0.978. The highest BCUT2D eigenvalue weighted by molar-refractivity contribution is 5.82. The number of nitrogens with zero attached hydrogens (tertiary/aromatic N) is 3. The summed E-state index contributed by atoms with van der Waals surface area (Å²) >= 11 is 0. The molecule has 0 aromatic carbocycles. The molecular formula is C12H23N3O3.